The molecular formula is C18H19ClN4O2. The van der Waals surface area contributed by atoms with Gasteiger partial charge in [0.15, 0.2) is 5.65 Å². The van der Waals surface area contributed by atoms with Gasteiger partial charge < -0.3 is 9.84 Å². The summed E-state index contributed by atoms with van der Waals surface area (Å²) < 4.78 is 7.54. The van der Waals surface area contributed by atoms with Crippen molar-refractivity contribution in [3.63, 3.8) is 0 Å². The molecule has 1 atom stereocenters. The van der Waals surface area contributed by atoms with Crippen LogP contribution in [0.15, 0.2) is 36.7 Å². The van der Waals surface area contributed by atoms with Gasteiger partial charge in [-0.25, -0.2) is 9.50 Å². The monoisotopic (exact) mass is 358 g/mol. The van der Waals surface area contributed by atoms with E-state index >= 15 is 0 Å². The summed E-state index contributed by atoms with van der Waals surface area (Å²) >= 11 is 5.97. The van der Waals surface area contributed by atoms with Crippen molar-refractivity contribution in [2.45, 2.75) is 39.3 Å². The third-order valence-corrected chi connectivity index (χ3v) is 4.43. The third-order valence-electron chi connectivity index (χ3n) is 4.24. The van der Waals surface area contributed by atoms with Crippen molar-refractivity contribution in [3.8, 4) is 5.75 Å². The summed E-state index contributed by atoms with van der Waals surface area (Å²) in [6, 6.07) is 7.59. The molecule has 0 radical (unpaired) electrons. The van der Waals surface area contributed by atoms with Gasteiger partial charge in [0.25, 0.3) is 0 Å². The van der Waals surface area contributed by atoms with Crippen molar-refractivity contribution >= 4 is 17.2 Å². The Morgan fingerprint density at radius 2 is 2.04 bits per heavy atom. The van der Waals surface area contributed by atoms with Crippen LogP contribution in [0.4, 0.5) is 0 Å². The van der Waals surface area contributed by atoms with Gasteiger partial charge >= 0.3 is 0 Å². The first kappa shape index (κ1) is 16.3. The van der Waals surface area contributed by atoms with Crippen LogP contribution < -0.4 is 4.74 Å². The first-order valence-corrected chi connectivity index (χ1v) is 8.60. The largest absolute Gasteiger partial charge is 0.491 e. The molecule has 1 aliphatic heterocycles. The average molecular weight is 359 g/mol. The highest BCUT2D eigenvalue weighted by molar-refractivity contribution is 6.30. The van der Waals surface area contributed by atoms with Gasteiger partial charge in [0.1, 0.15) is 12.0 Å². The Bertz CT molecular complexity index is 925. The molecule has 7 heteroatoms. The standard InChI is InChI=1S/C18H19ClN4O2/c1-11(2)25-16-6-4-3-5-13(16)18(24)22-9-14-15(10-22)21-23-8-12(19)7-20-17(14)23/h3-8,11,18,24H,9-10H2,1-2H3. The smallest absolute Gasteiger partial charge is 0.159 e. The highest BCUT2D eigenvalue weighted by Crippen LogP contribution is 2.35. The molecule has 0 aliphatic carbocycles. The van der Waals surface area contributed by atoms with E-state index in [1.807, 2.05) is 43.0 Å². The van der Waals surface area contributed by atoms with E-state index in [0.717, 1.165) is 22.5 Å². The summed E-state index contributed by atoms with van der Waals surface area (Å²) in [5, 5.41) is 16.0. The summed E-state index contributed by atoms with van der Waals surface area (Å²) in [4.78, 5) is 6.33. The van der Waals surface area contributed by atoms with E-state index in [-0.39, 0.29) is 6.10 Å². The zero-order valence-corrected chi connectivity index (χ0v) is 14.8. The Hall–Kier alpha value is -2.15. The minimum absolute atomic E-state index is 0.0438. The molecule has 0 spiro atoms. The fourth-order valence-corrected chi connectivity index (χ4v) is 3.31. The summed E-state index contributed by atoms with van der Waals surface area (Å²) in [5.41, 5.74) is 3.48. The third kappa shape index (κ3) is 2.97. The molecule has 130 valence electrons. The van der Waals surface area contributed by atoms with E-state index in [2.05, 4.69) is 10.1 Å². The number of nitrogens with zero attached hydrogens (tertiary/aromatic N) is 4. The number of fused-ring (bicyclic) bond motifs is 3. The Morgan fingerprint density at radius 1 is 1.24 bits per heavy atom. The zero-order chi connectivity index (χ0) is 17.6. The van der Waals surface area contributed by atoms with Gasteiger partial charge in [0.05, 0.1) is 23.0 Å². The highest BCUT2D eigenvalue weighted by Gasteiger charge is 2.31. The van der Waals surface area contributed by atoms with Crippen molar-refractivity contribution in [2.24, 2.45) is 0 Å². The molecule has 0 saturated heterocycles. The van der Waals surface area contributed by atoms with Gasteiger partial charge in [-0.05, 0) is 19.9 Å². The maximum absolute atomic E-state index is 10.9. The number of halogens is 1. The first-order chi connectivity index (χ1) is 12.0. The number of benzene rings is 1. The minimum Gasteiger partial charge on any atom is -0.491 e. The number of para-hydroxylation sites is 1. The summed E-state index contributed by atoms with van der Waals surface area (Å²) in [6.07, 6.45) is 2.64. The Balaban J connectivity index is 1.61. The van der Waals surface area contributed by atoms with Crippen LogP contribution in [0.2, 0.25) is 5.02 Å². The topological polar surface area (TPSA) is 62.9 Å². The van der Waals surface area contributed by atoms with Crippen molar-refractivity contribution in [2.75, 3.05) is 0 Å². The second-order valence-corrected chi connectivity index (χ2v) is 6.89. The average Bonchev–Trinajstić information content (AvgIpc) is 3.11. The Labute approximate surface area is 150 Å². The molecule has 0 amide bonds. The fraction of sp³-hybridized carbons (Fsp3) is 0.333. The lowest BCUT2D eigenvalue weighted by atomic mass is 10.1. The second-order valence-electron chi connectivity index (χ2n) is 6.45. The van der Waals surface area contributed by atoms with Crippen molar-refractivity contribution in [3.05, 3.63) is 58.5 Å². The lowest BCUT2D eigenvalue weighted by Gasteiger charge is -2.25. The molecule has 4 rings (SSSR count). The van der Waals surface area contributed by atoms with Crippen molar-refractivity contribution in [1.29, 1.82) is 0 Å². The lowest BCUT2D eigenvalue weighted by molar-refractivity contribution is -0.00486. The van der Waals surface area contributed by atoms with Crippen LogP contribution >= 0.6 is 11.6 Å². The molecule has 6 nitrogen and oxygen atoms in total. The van der Waals surface area contributed by atoms with E-state index in [1.165, 1.54) is 0 Å². The van der Waals surface area contributed by atoms with E-state index < -0.39 is 6.23 Å². The Morgan fingerprint density at radius 3 is 2.84 bits per heavy atom. The molecule has 0 saturated carbocycles. The van der Waals surface area contributed by atoms with Crippen LogP contribution in [0.5, 0.6) is 5.75 Å². The molecule has 1 aromatic carbocycles. The fourth-order valence-electron chi connectivity index (χ4n) is 3.17. The maximum atomic E-state index is 10.9. The van der Waals surface area contributed by atoms with Crippen LogP contribution in [-0.2, 0) is 13.1 Å². The molecule has 0 fully saturated rings. The molecule has 1 aliphatic rings. The molecule has 1 N–H and O–H groups in total. The second kappa shape index (κ2) is 6.29. The number of hydrogen-bond donors (Lipinski definition) is 1. The van der Waals surface area contributed by atoms with E-state index in [4.69, 9.17) is 16.3 Å². The molecule has 3 heterocycles. The van der Waals surface area contributed by atoms with Gasteiger partial charge in [0, 0.05) is 30.4 Å². The normalized spacial score (nSPS) is 15.7. The number of ether oxygens (including phenoxy) is 1. The van der Waals surface area contributed by atoms with Gasteiger partial charge in [-0.3, -0.25) is 4.90 Å². The summed E-state index contributed by atoms with van der Waals surface area (Å²) in [7, 11) is 0. The van der Waals surface area contributed by atoms with Crippen LogP contribution in [0.1, 0.15) is 36.9 Å². The van der Waals surface area contributed by atoms with E-state index in [0.29, 0.717) is 23.9 Å². The van der Waals surface area contributed by atoms with Gasteiger partial charge in [-0.2, -0.15) is 5.10 Å². The summed E-state index contributed by atoms with van der Waals surface area (Å²) in [6.45, 7) is 5.07. The molecule has 2 aromatic heterocycles. The number of rotatable bonds is 4. The Kier molecular flexibility index (Phi) is 4.11. The van der Waals surface area contributed by atoms with Crippen LogP contribution in [0, 0.1) is 0 Å². The quantitative estimate of drug-likeness (QED) is 0.776. The van der Waals surface area contributed by atoms with E-state index in [9.17, 15) is 5.11 Å². The predicted molar refractivity (Wildman–Crippen MR) is 94.4 cm³/mol. The summed E-state index contributed by atoms with van der Waals surface area (Å²) in [5.74, 6) is 0.702. The van der Waals surface area contributed by atoms with Crippen molar-refractivity contribution in [1.82, 2.24) is 19.5 Å². The van der Waals surface area contributed by atoms with Crippen LogP contribution in [-0.4, -0.2) is 30.7 Å². The lowest BCUT2D eigenvalue weighted by Crippen LogP contribution is -2.24. The number of hydrogen-bond acceptors (Lipinski definition) is 5. The molecule has 0 bridgehead atoms. The van der Waals surface area contributed by atoms with Crippen molar-refractivity contribution < 1.29 is 9.84 Å². The van der Waals surface area contributed by atoms with Gasteiger partial charge in [-0.15, -0.1) is 0 Å². The zero-order valence-electron chi connectivity index (χ0n) is 14.1. The number of aliphatic hydroxyl groups is 1. The van der Waals surface area contributed by atoms with Crippen LogP contribution in [0.25, 0.3) is 5.65 Å². The molecule has 25 heavy (non-hydrogen) atoms. The first-order valence-electron chi connectivity index (χ1n) is 8.22. The highest BCUT2D eigenvalue weighted by atomic mass is 35.5. The maximum Gasteiger partial charge on any atom is 0.159 e. The molecular weight excluding hydrogens is 340 g/mol. The van der Waals surface area contributed by atoms with Gasteiger partial charge in [-0.1, -0.05) is 29.8 Å². The van der Waals surface area contributed by atoms with E-state index in [1.54, 1.807) is 16.9 Å². The molecule has 3 aromatic rings. The van der Waals surface area contributed by atoms with Gasteiger partial charge in [0.2, 0.25) is 0 Å². The van der Waals surface area contributed by atoms with Crippen LogP contribution in [0.3, 0.4) is 0 Å². The minimum atomic E-state index is -0.767. The molecule has 1 unspecified atom stereocenters. The number of aliphatic hydroxyl groups excluding tert-OH is 1. The SMILES string of the molecule is CC(C)Oc1ccccc1C(O)N1Cc2nn3cc(Cl)cnc3c2C1. The predicted octanol–water partition coefficient (Wildman–Crippen LogP) is 3.18. The number of aromatic nitrogens is 3.